The van der Waals surface area contributed by atoms with Gasteiger partial charge in [0.25, 0.3) is 0 Å². The number of rotatable bonds is 1. The SMILES string of the molecule is [CH2]c1cccc(C2(O)CCOCC2)c1. The molecule has 1 aliphatic heterocycles. The predicted octanol–water partition coefficient (Wildman–Crippen LogP) is 1.87. The van der Waals surface area contributed by atoms with Gasteiger partial charge in [-0.25, -0.2) is 0 Å². The van der Waals surface area contributed by atoms with Gasteiger partial charge in [-0.1, -0.05) is 24.3 Å². The maximum absolute atomic E-state index is 10.4. The van der Waals surface area contributed by atoms with Crippen LogP contribution >= 0.6 is 0 Å². The Bertz CT molecular complexity index is 314. The fourth-order valence-electron chi connectivity index (χ4n) is 1.86. The standard InChI is InChI=1S/C12H15O2/c1-10-3-2-4-11(9-10)12(13)5-7-14-8-6-12/h2-4,9,13H,1,5-8H2. The molecule has 1 fully saturated rings. The number of hydrogen-bond acceptors (Lipinski definition) is 2. The molecular formula is C12H15O2. The molecule has 0 saturated carbocycles. The molecule has 1 N–H and O–H groups in total. The van der Waals surface area contributed by atoms with E-state index in [2.05, 4.69) is 6.92 Å². The van der Waals surface area contributed by atoms with Crippen molar-refractivity contribution in [1.29, 1.82) is 0 Å². The van der Waals surface area contributed by atoms with Crippen LogP contribution in [-0.2, 0) is 10.3 Å². The van der Waals surface area contributed by atoms with Crippen LogP contribution in [0.25, 0.3) is 0 Å². The molecule has 0 spiro atoms. The largest absolute Gasteiger partial charge is 0.385 e. The Hall–Kier alpha value is -0.860. The zero-order chi connectivity index (χ0) is 10.0. The first kappa shape index (κ1) is 9.69. The lowest BCUT2D eigenvalue weighted by molar-refractivity contribution is -0.0679. The van der Waals surface area contributed by atoms with Crippen LogP contribution in [0.1, 0.15) is 24.0 Å². The molecule has 0 amide bonds. The van der Waals surface area contributed by atoms with Crippen LogP contribution in [0.5, 0.6) is 0 Å². The van der Waals surface area contributed by atoms with Gasteiger partial charge in [-0.05, 0) is 18.1 Å². The van der Waals surface area contributed by atoms with Crippen molar-refractivity contribution in [2.45, 2.75) is 18.4 Å². The summed E-state index contributed by atoms with van der Waals surface area (Å²) < 4.78 is 5.24. The fraction of sp³-hybridized carbons (Fsp3) is 0.417. The summed E-state index contributed by atoms with van der Waals surface area (Å²) in [4.78, 5) is 0. The molecule has 1 aromatic rings. The fourth-order valence-corrected chi connectivity index (χ4v) is 1.86. The molecule has 0 unspecified atom stereocenters. The summed E-state index contributed by atoms with van der Waals surface area (Å²) in [5.74, 6) is 0. The highest BCUT2D eigenvalue weighted by molar-refractivity contribution is 5.29. The van der Waals surface area contributed by atoms with E-state index in [0.717, 1.165) is 11.1 Å². The highest BCUT2D eigenvalue weighted by Gasteiger charge is 2.31. The smallest absolute Gasteiger partial charge is 0.0940 e. The molecule has 1 heterocycles. The lowest BCUT2D eigenvalue weighted by Crippen LogP contribution is -2.33. The summed E-state index contributed by atoms with van der Waals surface area (Å²) in [5.41, 5.74) is 1.21. The first-order chi connectivity index (χ1) is 6.71. The molecule has 1 aliphatic rings. The van der Waals surface area contributed by atoms with E-state index in [9.17, 15) is 5.11 Å². The first-order valence-corrected chi connectivity index (χ1v) is 4.93. The van der Waals surface area contributed by atoms with E-state index < -0.39 is 5.60 Å². The molecule has 75 valence electrons. The summed E-state index contributed by atoms with van der Waals surface area (Å²) >= 11 is 0. The summed E-state index contributed by atoms with van der Waals surface area (Å²) in [5, 5.41) is 10.4. The zero-order valence-electron chi connectivity index (χ0n) is 8.20. The van der Waals surface area contributed by atoms with Crippen LogP contribution < -0.4 is 0 Å². The summed E-state index contributed by atoms with van der Waals surface area (Å²) in [7, 11) is 0. The first-order valence-electron chi connectivity index (χ1n) is 4.93. The molecule has 2 heteroatoms. The number of hydrogen-bond donors (Lipinski definition) is 1. The van der Waals surface area contributed by atoms with Gasteiger partial charge in [-0.2, -0.15) is 0 Å². The quantitative estimate of drug-likeness (QED) is 0.734. The van der Waals surface area contributed by atoms with Crippen LogP contribution in [0.2, 0.25) is 0 Å². The average Bonchev–Trinajstić information content (AvgIpc) is 2.19. The molecule has 0 aliphatic carbocycles. The molecule has 0 bridgehead atoms. The molecular weight excluding hydrogens is 176 g/mol. The second-order valence-electron chi connectivity index (χ2n) is 3.84. The van der Waals surface area contributed by atoms with Crippen molar-refractivity contribution in [2.75, 3.05) is 13.2 Å². The van der Waals surface area contributed by atoms with E-state index in [1.165, 1.54) is 0 Å². The minimum absolute atomic E-state index is 0.637. The van der Waals surface area contributed by atoms with Gasteiger partial charge in [0, 0.05) is 26.1 Å². The molecule has 1 aromatic carbocycles. The lowest BCUT2D eigenvalue weighted by Gasteiger charge is -2.32. The number of aliphatic hydroxyl groups is 1. The monoisotopic (exact) mass is 191 g/mol. The molecule has 14 heavy (non-hydrogen) atoms. The predicted molar refractivity (Wildman–Crippen MR) is 54.9 cm³/mol. The zero-order valence-corrected chi connectivity index (χ0v) is 8.20. The molecule has 1 radical (unpaired) electrons. The molecule has 2 rings (SSSR count). The Morgan fingerprint density at radius 3 is 2.64 bits per heavy atom. The normalized spacial score (nSPS) is 20.7. The van der Waals surface area contributed by atoms with Gasteiger partial charge in [0.15, 0.2) is 0 Å². The Balaban J connectivity index is 2.28. The summed E-state index contributed by atoms with van der Waals surface area (Å²) in [6.45, 7) is 5.14. The van der Waals surface area contributed by atoms with Gasteiger partial charge in [0.1, 0.15) is 0 Å². The Morgan fingerprint density at radius 2 is 2.00 bits per heavy atom. The van der Waals surface area contributed by atoms with E-state index in [1.54, 1.807) is 0 Å². The highest BCUT2D eigenvalue weighted by Crippen LogP contribution is 2.31. The van der Waals surface area contributed by atoms with Crippen LogP contribution in [-0.4, -0.2) is 18.3 Å². The van der Waals surface area contributed by atoms with Crippen molar-refractivity contribution in [3.63, 3.8) is 0 Å². The molecule has 2 nitrogen and oxygen atoms in total. The lowest BCUT2D eigenvalue weighted by atomic mass is 9.86. The van der Waals surface area contributed by atoms with Crippen LogP contribution in [0.4, 0.5) is 0 Å². The van der Waals surface area contributed by atoms with E-state index in [-0.39, 0.29) is 0 Å². The summed E-state index contributed by atoms with van der Waals surface area (Å²) in [6, 6.07) is 7.78. The van der Waals surface area contributed by atoms with Crippen LogP contribution in [0, 0.1) is 6.92 Å². The van der Waals surface area contributed by atoms with E-state index in [0.29, 0.717) is 26.1 Å². The third-order valence-corrected chi connectivity index (χ3v) is 2.78. The minimum Gasteiger partial charge on any atom is -0.385 e. The van der Waals surface area contributed by atoms with Gasteiger partial charge < -0.3 is 9.84 Å². The van der Waals surface area contributed by atoms with E-state index >= 15 is 0 Å². The van der Waals surface area contributed by atoms with Crippen molar-refractivity contribution in [1.82, 2.24) is 0 Å². The third-order valence-electron chi connectivity index (χ3n) is 2.78. The Morgan fingerprint density at radius 1 is 1.29 bits per heavy atom. The topological polar surface area (TPSA) is 29.5 Å². The van der Waals surface area contributed by atoms with E-state index in [1.807, 2.05) is 24.3 Å². The Kier molecular flexibility index (Phi) is 2.57. The van der Waals surface area contributed by atoms with Gasteiger partial charge >= 0.3 is 0 Å². The summed E-state index contributed by atoms with van der Waals surface area (Å²) in [6.07, 6.45) is 1.35. The minimum atomic E-state index is -0.702. The molecule has 1 saturated heterocycles. The maximum atomic E-state index is 10.4. The number of ether oxygens (including phenoxy) is 1. The van der Waals surface area contributed by atoms with Crippen LogP contribution in [0.15, 0.2) is 24.3 Å². The van der Waals surface area contributed by atoms with Gasteiger partial charge in [-0.15, -0.1) is 0 Å². The van der Waals surface area contributed by atoms with Crippen molar-refractivity contribution >= 4 is 0 Å². The maximum Gasteiger partial charge on any atom is 0.0940 e. The molecule has 0 atom stereocenters. The van der Waals surface area contributed by atoms with E-state index in [4.69, 9.17) is 4.74 Å². The second-order valence-corrected chi connectivity index (χ2v) is 3.84. The average molecular weight is 191 g/mol. The van der Waals surface area contributed by atoms with Crippen LogP contribution in [0.3, 0.4) is 0 Å². The van der Waals surface area contributed by atoms with Gasteiger partial charge in [0.2, 0.25) is 0 Å². The second kappa shape index (κ2) is 3.71. The van der Waals surface area contributed by atoms with Crippen molar-refractivity contribution in [3.05, 3.63) is 42.3 Å². The van der Waals surface area contributed by atoms with Crippen molar-refractivity contribution in [3.8, 4) is 0 Å². The Labute approximate surface area is 84.5 Å². The third kappa shape index (κ3) is 1.81. The molecule has 0 aromatic heterocycles. The highest BCUT2D eigenvalue weighted by atomic mass is 16.5. The van der Waals surface area contributed by atoms with Crippen molar-refractivity contribution in [2.24, 2.45) is 0 Å². The van der Waals surface area contributed by atoms with Crippen molar-refractivity contribution < 1.29 is 9.84 Å². The van der Waals surface area contributed by atoms with Gasteiger partial charge in [-0.3, -0.25) is 0 Å². The number of benzene rings is 1. The van der Waals surface area contributed by atoms with Gasteiger partial charge in [0.05, 0.1) is 5.60 Å².